The standard InChI is InChI=1S/C14H19Br2NO/c1-10(2)5-3-4-8-17-14(18)12-7-6-11(15)9-13(12)16/h6-7,9-10H,3-5,8H2,1-2H3,(H,17,18). The van der Waals surface area contributed by atoms with Crippen LogP contribution in [0.25, 0.3) is 0 Å². The summed E-state index contributed by atoms with van der Waals surface area (Å²) in [5.74, 6) is 0.722. The molecule has 1 rings (SSSR count). The highest BCUT2D eigenvalue weighted by Gasteiger charge is 2.09. The van der Waals surface area contributed by atoms with Crippen LogP contribution in [-0.2, 0) is 0 Å². The summed E-state index contributed by atoms with van der Waals surface area (Å²) < 4.78 is 1.78. The fourth-order valence-corrected chi connectivity index (χ4v) is 2.88. The van der Waals surface area contributed by atoms with Gasteiger partial charge in [-0.1, -0.05) is 42.6 Å². The first-order valence-electron chi connectivity index (χ1n) is 6.24. The smallest absolute Gasteiger partial charge is 0.252 e. The van der Waals surface area contributed by atoms with Crippen LogP contribution in [0, 0.1) is 5.92 Å². The molecule has 0 bridgehead atoms. The maximum absolute atomic E-state index is 11.9. The molecular formula is C14H19Br2NO. The van der Waals surface area contributed by atoms with Crippen molar-refractivity contribution in [3.63, 3.8) is 0 Å². The van der Waals surface area contributed by atoms with Crippen LogP contribution in [0.5, 0.6) is 0 Å². The van der Waals surface area contributed by atoms with Crippen LogP contribution in [-0.4, -0.2) is 12.5 Å². The molecule has 2 nitrogen and oxygen atoms in total. The van der Waals surface area contributed by atoms with E-state index < -0.39 is 0 Å². The molecule has 0 aliphatic heterocycles. The Morgan fingerprint density at radius 2 is 2.00 bits per heavy atom. The van der Waals surface area contributed by atoms with Crippen LogP contribution in [0.2, 0.25) is 0 Å². The van der Waals surface area contributed by atoms with Crippen molar-refractivity contribution in [2.24, 2.45) is 5.92 Å². The number of halogens is 2. The topological polar surface area (TPSA) is 29.1 Å². The third kappa shape index (κ3) is 5.53. The third-order valence-corrected chi connectivity index (χ3v) is 3.82. The Morgan fingerprint density at radius 1 is 1.28 bits per heavy atom. The second-order valence-corrected chi connectivity index (χ2v) is 6.54. The molecule has 0 atom stereocenters. The number of carbonyl (C=O) groups excluding carboxylic acids is 1. The number of benzene rings is 1. The summed E-state index contributed by atoms with van der Waals surface area (Å²) in [6.07, 6.45) is 3.43. The van der Waals surface area contributed by atoms with Crippen LogP contribution < -0.4 is 5.32 Å². The monoisotopic (exact) mass is 375 g/mol. The van der Waals surface area contributed by atoms with Gasteiger partial charge in [0.25, 0.3) is 5.91 Å². The molecule has 100 valence electrons. The fourth-order valence-electron chi connectivity index (χ4n) is 1.65. The van der Waals surface area contributed by atoms with Crippen LogP contribution in [0.15, 0.2) is 27.1 Å². The minimum Gasteiger partial charge on any atom is -0.352 e. The largest absolute Gasteiger partial charge is 0.352 e. The summed E-state index contributed by atoms with van der Waals surface area (Å²) in [5, 5.41) is 2.95. The van der Waals surface area contributed by atoms with E-state index in [1.165, 1.54) is 12.8 Å². The molecule has 0 fully saturated rings. The molecular weight excluding hydrogens is 358 g/mol. The second-order valence-electron chi connectivity index (χ2n) is 4.77. The number of hydrogen-bond donors (Lipinski definition) is 1. The summed E-state index contributed by atoms with van der Waals surface area (Å²) in [4.78, 5) is 11.9. The first-order valence-corrected chi connectivity index (χ1v) is 7.82. The van der Waals surface area contributed by atoms with E-state index in [-0.39, 0.29) is 5.91 Å². The summed E-state index contributed by atoms with van der Waals surface area (Å²) in [6.45, 7) is 5.18. The van der Waals surface area contributed by atoms with E-state index in [2.05, 4.69) is 51.0 Å². The minimum absolute atomic E-state index is 0.0149. The highest BCUT2D eigenvalue weighted by Crippen LogP contribution is 2.21. The zero-order chi connectivity index (χ0) is 13.5. The lowest BCUT2D eigenvalue weighted by Crippen LogP contribution is -2.24. The molecule has 0 radical (unpaired) electrons. The van der Waals surface area contributed by atoms with Gasteiger partial charge in [0, 0.05) is 15.5 Å². The molecule has 1 amide bonds. The Kier molecular flexibility index (Phi) is 6.94. The minimum atomic E-state index is -0.0149. The molecule has 0 aliphatic rings. The molecule has 0 aromatic heterocycles. The van der Waals surface area contributed by atoms with Gasteiger partial charge in [0.05, 0.1) is 5.56 Å². The summed E-state index contributed by atoms with van der Waals surface area (Å²) in [7, 11) is 0. The predicted octanol–water partition coefficient (Wildman–Crippen LogP) is 4.77. The maximum atomic E-state index is 11.9. The molecule has 0 unspecified atom stereocenters. The number of rotatable bonds is 6. The quantitative estimate of drug-likeness (QED) is 0.712. The summed E-state index contributed by atoms with van der Waals surface area (Å²) in [5.41, 5.74) is 0.682. The van der Waals surface area contributed by atoms with Crippen LogP contribution >= 0.6 is 31.9 Å². The first kappa shape index (κ1) is 15.7. The number of amides is 1. The van der Waals surface area contributed by atoms with Crippen molar-refractivity contribution in [3.05, 3.63) is 32.7 Å². The zero-order valence-corrected chi connectivity index (χ0v) is 14.0. The van der Waals surface area contributed by atoms with Gasteiger partial charge in [-0.15, -0.1) is 0 Å². The number of hydrogen-bond acceptors (Lipinski definition) is 1. The van der Waals surface area contributed by atoms with Gasteiger partial charge in [0.2, 0.25) is 0 Å². The maximum Gasteiger partial charge on any atom is 0.252 e. The number of carbonyl (C=O) groups is 1. The van der Waals surface area contributed by atoms with E-state index in [1.54, 1.807) is 0 Å². The van der Waals surface area contributed by atoms with E-state index in [1.807, 2.05) is 18.2 Å². The first-order chi connectivity index (χ1) is 8.50. The normalized spacial score (nSPS) is 10.7. The van der Waals surface area contributed by atoms with Crippen molar-refractivity contribution in [2.75, 3.05) is 6.54 Å². The predicted molar refractivity (Wildman–Crippen MR) is 82.9 cm³/mol. The molecule has 1 aromatic carbocycles. The third-order valence-electron chi connectivity index (χ3n) is 2.67. The summed E-state index contributed by atoms with van der Waals surface area (Å²) >= 11 is 6.77. The van der Waals surface area contributed by atoms with Crippen molar-refractivity contribution in [1.82, 2.24) is 5.32 Å². The summed E-state index contributed by atoms with van der Waals surface area (Å²) in [6, 6.07) is 5.57. The SMILES string of the molecule is CC(C)CCCCNC(=O)c1ccc(Br)cc1Br. The van der Waals surface area contributed by atoms with Crippen molar-refractivity contribution in [2.45, 2.75) is 33.1 Å². The Morgan fingerprint density at radius 3 is 2.61 bits per heavy atom. The van der Waals surface area contributed by atoms with E-state index in [9.17, 15) is 4.79 Å². The lowest BCUT2D eigenvalue weighted by Gasteiger charge is -2.08. The van der Waals surface area contributed by atoms with Gasteiger partial charge in [-0.3, -0.25) is 4.79 Å². The highest BCUT2D eigenvalue weighted by atomic mass is 79.9. The molecule has 4 heteroatoms. The lowest BCUT2D eigenvalue weighted by molar-refractivity contribution is 0.0952. The zero-order valence-electron chi connectivity index (χ0n) is 10.8. The molecule has 0 spiro atoms. The number of nitrogens with one attached hydrogen (secondary N) is 1. The van der Waals surface area contributed by atoms with Gasteiger partial charge in [0.15, 0.2) is 0 Å². The van der Waals surface area contributed by atoms with E-state index in [4.69, 9.17) is 0 Å². The highest BCUT2D eigenvalue weighted by molar-refractivity contribution is 9.11. The van der Waals surface area contributed by atoms with Crippen LogP contribution in [0.1, 0.15) is 43.5 Å². The van der Waals surface area contributed by atoms with Crippen molar-refractivity contribution >= 4 is 37.8 Å². The van der Waals surface area contributed by atoms with Gasteiger partial charge in [-0.05, 0) is 46.5 Å². The average Bonchev–Trinajstić information content (AvgIpc) is 2.27. The Balaban J connectivity index is 2.36. The second kappa shape index (κ2) is 7.95. The van der Waals surface area contributed by atoms with Gasteiger partial charge < -0.3 is 5.32 Å². The van der Waals surface area contributed by atoms with Gasteiger partial charge in [0.1, 0.15) is 0 Å². The van der Waals surface area contributed by atoms with Crippen molar-refractivity contribution < 1.29 is 4.79 Å². The Hall–Kier alpha value is -0.350. The molecule has 0 heterocycles. The number of unbranched alkanes of at least 4 members (excludes halogenated alkanes) is 1. The van der Waals surface area contributed by atoms with E-state index in [0.29, 0.717) is 5.56 Å². The molecule has 0 saturated heterocycles. The Labute approximate surface area is 126 Å². The fraction of sp³-hybridized carbons (Fsp3) is 0.500. The lowest BCUT2D eigenvalue weighted by atomic mass is 10.1. The van der Waals surface area contributed by atoms with Gasteiger partial charge in [-0.25, -0.2) is 0 Å². The van der Waals surface area contributed by atoms with Crippen molar-refractivity contribution in [3.8, 4) is 0 Å². The molecule has 1 aromatic rings. The van der Waals surface area contributed by atoms with E-state index >= 15 is 0 Å². The molecule has 1 N–H and O–H groups in total. The molecule has 0 aliphatic carbocycles. The molecule has 0 saturated carbocycles. The van der Waals surface area contributed by atoms with Gasteiger partial charge in [-0.2, -0.15) is 0 Å². The van der Waals surface area contributed by atoms with Crippen LogP contribution in [0.3, 0.4) is 0 Å². The Bertz CT molecular complexity index is 405. The van der Waals surface area contributed by atoms with Crippen LogP contribution in [0.4, 0.5) is 0 Å². The molecule has 18 heavy (non-hydrogen) atoms. The average molecular weight is 377 g/mol. The van der Waals surface area contributed by atoms with Gasteiger partial charge >= 0.3 is 0 Å². The van der Waals surface area contributed by atoms with Crippen molar-refractivity contribution in [1.29, 1.82) is 0 Å². The van der Waals surface area contributed by atoms with E-state index in [0.717, 1.165) is 27.8 Å².